The molecule has 0 atom stereocenters. The van der Waals surface area contributed by atoms with Crippen molar-refractivity contribution in [3.05, 3.63) is 48.0 Å². The molecule has 0 radical (unpaired) electrons. The molecule has 0 unspecified atom stereocenters. The lowest BCUT2D eigenvalue weighted by Gasteiger charge is -2.19. The molecule has 4 heteroatoms. The molecule has 0 bridgehead atoms. The van der Waals surface area contributed by atoms with Gasteiger partial charge in [0.25, 0.3) is 0 Å². The van der Waals surface area contributed by atoms with E-state index >= 15 is 0 Å². The molecule has 88 valence electrons. The zero-order valence-electron chi connectivity index (χ0n) is 9.39. The van der Waals surface area contributed by atoms with Gasteiger partial charge in [0.05, 0.1) is 0 Å². The Bertz CT molecular complexity index is 504. The summed E-state index contributed by atoms with van der Waals surface area (Å²) in [5.41, 5.74) is 0.820. The van der Waals surface area contributed by atoms with Crippen LogP contribution in [-0.4, -0.2) is 12.8 Å². The van der Waals surface area contributed by atoms with Gasteiger partial charge in [-0.1, -0.05) is 0 Å². The van der Waals surface area contributed by atoms with Gasteiger partial charge in [-0.3, -0.25) is 4.79 Å². The first-order valence-electron chi connectivity index (χ1n) is 5.32. The molecule has 0 saturated heterocycles. The predicted molar refractivity (Wildman–Crippen MR) is 63.2 cm³/mol. The van der Waals surface area contributed by atoms with Crippen LogP contribution >= 0.6 is 0 Å². The summed E-state index contributed by atoms with van der Waals surface area (Å²) in [7, 11) is 0. The molecule has 0 aliphatic rings. The average Bonchev–Trinajstić information content (AvgIpc) is 2.81. The lowest BCUT2D eigenvalue weighted by Crippen LogP contribution is -2.15. The van der Waals surface area contributed by atoms with Gasteiger partial charge in [0.1, 0.15) is 5.82 Å². The minimum Gasteiger partial charge on any atom is -0.437 e. The Balaban J connectivity index is 2.32. The first-order chi connectivity index (χ1) is 8.24. The van der Waals surface area contributed by atoms with Crippen molar-refractivity contribution in [1.29, 1.82) is 0 Å². The Morgan fingerprint density at radius 3 is 2.47 bits per heavy atom. The Hall–Kier alpha value is -2.10. The van der Waals surface area contributed by atoms with Gasteiger partial charge in [0.2, 0.25) is 5.88 Å². The van der Waals surface area contributed by atoms with E-state index in [0.717, 1.165) is 5.69 Å². The second-order valence-corrected chi connectivity index (χ2v) is 3.51. The highest BCUT2D eigenvalue weighted by Crippen LogP contribution is 2.26. The molecule has 17 heavy (non-hydrogen) atoms. The summed E-state index contributed by atoms with van der Waals surface area (Å²) in [4.78, 5) is 12.4. The largest absolute Gasteiger partial charge is 0.437 e. The molecule has 2 aromatic rings. The fraction of sp³-hybridized carbons (Fsp3) is 0.154. The third-order valence-electron chi connectivity index (χ3n) is 2.45. The fourth-order valence-corrected chi connectivity index (χ4v) is 1.64. The van der Waals surface area contributed by atoms with Crippen molar-refractivity contribution in [2.45, 2.75) is 6.92 Å². The van der Waals surface area contributed by atoms with Gasteiger partial charge < -0.3 is 9.32 Å². The number of furan rings is 1. The summed E-state index contributed by atoms with van der Waals surface area (Å²) >= 11 is 0. The second-order valence-electron chi connectivity index (χ2n) is 3.51. The summed E-state index contributed by atoms with van der Waals surface area (Å²) in [6, 6.07) is 9.44. The highest BCUT2D eigenvalue weighted by Gasteiger charge is 2.11. The maximum absolute atomic E-state index is 12.8. The Labute approximate surface area is 98.5 Å². The van der Waals surface area contributed by atoms with Crippen LogP contribution in [-0.2, 0) is 0 Å². The summed E-state index contributed by atoms with van der Waals surface area (Å²) in [6.07, 6.45) is 0.655. The van der Waals surface area contributed by atoms with Gasteiger partial charge in [-0.25, -0.2) is 4.39 Å². The molecule has 0 aliphatic heterocycles. The molecule has 0 saturated carbocycles. The molecular weight excluding hydrogens is 221 g/mol. The Kier molecular flexibility index (Phi) is 3.23. The minimum atomic E-state index is -0.280. The first kappa shape index (κ1) is 11.4. The Morgan fingerprint density at radius 2 is 1.94 bits per heavy atom. The van der Waals surface area contributed by atoms with Gasteiger partial charge in [-0.05, 0) is 37.3 Å². The molecular formula is C13H12FNO2. The van der Waals surface area contributed by atoms with Gasteiger partial charge in [0.15, 0.2) is 12.0 Å². The average molecular weight is 233 g/mol. The molecule has 0 spiro atoms. The number of anilines is 2. The van der Waals surface area contributed by atoms with Gasteiger partial charge in [0, 0.05) is 18.3 Å². The standard InChI is InChI=1S/C13H12FNO2/c1-2-15(11-5-3-10(14)4-6-11)13-8-7-12(9-16)17-13/h3-9H,2H2,1H3. The van der Waals surface area contributed by atoms with E-state index in [1.165, 1.54) is 12.1 Å². The van der Waals surface area contributed by atoms with Crippen molar-refractivity contribution in [1.82, 2.24) is 0 Å². The maximum atomic E-state index is 12.8. The number of rotatable bonds is 4. The van der Waals surface area contributed by atoms with E-state index in [-0.39, 0.29) is 11.6 Å². The van der Waals surface area contributed by atoms with Gasteiger partial charge in [-0.15, -0.1) is 0 Å². The van der Waals surface area contributed by atoms with Crippen LogP contribution in [0.15, 0.2) is 40.8 Å². The highest BCUT2D eigenvalue weighted by atomic mass is 19.1. The number of aldehydes is 1. The van der Waals surface area contributed by atoms with E-state index in [0.29, 0.717) is 18.7 Å². The van der Waals surface area contributed by atoms with Crippen molar-refractivity contribution < 1.29 is 13.6 Å². The van der Waals surface area contributed by atoms with Gasteiger partial charge >= 0.3 is 0 Å². The molecule has 1 aromatic heterocycles. The molecule has 1 heterocycles. The number of hydrogen-bond acceptors (Lipinski definition) is 3. The number of halogens is 1. The number of hydrogen-bond donors (Lipinski definition) is 0. The van der Waals surface area contributed by atoms with Crippen LogP contribution in [0.4, 0.5) is 16.0 Å². The van der Waals surface area contributed by atoms with Crippen LogP contribution in [0.3, 0.4) is 0 Å². The fourth-order valence-electron chi connectivity index (χ4n) is 1.64. The molecule has 0 N–H and O–H groups in total. The number of carbonyl (C=O) groups is 1. The van der Waals surface area contributed by atoms with E-state index in [9.17, 15) is 9.18 Å². The normalized spacial score (nSPS) is 10.2. The number of nitrogens with zero attached hydrogens (tertiary/aromatic N) is 1. The van der Waals surface area contributed by atoms with Crippen molar-refractivity contribution in [3.8, 4) is 0 Å². The van der Waals surface area contributed by atoms with Crippen molar-refractivity contribution in [2.75, 3.05) is 11.4 Å². The first-order valence-corrected chi connectivity index (χ1v) is 5.32. The third kappa shape index (κ3) is 2.36. The van der Waals surface area contributed by atoms with Crippen LogP contribution in [0.2, 0.25) is 0 Å². The SMILES string of the molecule is CCN(c1ccc(F)cc1)c1ccc(C=O)o1. The van der Waals surface area contributed by atoms with Crippen LogP contribution in [0.5, 0.6) is 0 Å². The summed E-state index contributed by atoms with van der Waals surface area (Å²) in [5.74, 6) is 0.569. The molecule has 0 amide bonds. The van der Waals surface area contributed by atoms with Crippen molar-refractivity contribution >= 4 is 17.9 Å². The summed E-state index contributed by atoms with van der Waals surface area (Å²) < 4.78 is 18.2. The summed E-state index contributed by atoms with van der Waals surface area (Å²) in [6.45, 7) is 2.61. The molecule has 0 aliphatic carbocycles. The van der Waals surface area contributed by atoms with E-state index < -0.39 is 0 Å². The summed E-state index contributed by atoms with van der Waals surface area (Å²) in [5, 5.41) is 0. The molecule has 1 aromatic carbocycles. The van der Waals surface area contributed by atoms with E-state index in [4.69, 9.17) is 4.42 Å². The van der Waals surface area contributed by atoms with Crippen molar-refractivity contribution in [2.24, 2.45) is 0 Å². The van der Waals surface area contributed by atoms with Crippen LogP contribution < -0.4 is 4.90 Å². The smallest absolute Gasteiger partial charge is 0.200 e. The Morgan fingerprint density at radius 1 is 1.24 bits per heavy atom. The van der Waals surface area contributed by atoms with E-state index in [1.807, 2.05) is 11.8 Å². The number of carbonyl (C=O) groups excluding carboxylic acids is 1. The zero-order chi connectivity index (χ0) is 12.3. The van der Waals surface area contributed by atoms with E-state index in [1.54, 1.807) is 24.3 Å². The van der Waals surface area contributed by atoms with Gasteiger partial charge in [-0.2, -0.15) is 0 Å². The molecule has 3 nitrogen and oxygen atoms in total. The molecule has 2 rings (SSSR count). The molecule has 0 fully saturated rings. The predicted octanol–water partition coefficient (Wildman–Crippen LogP) is 3.39. The van der Waals surface area contributed by atoms with Crippen molar-refractivity contribution in [3.63, 3.8) is 0 Å². The van der Waals surface area contributed by atoms with Crippen LogP contribution in [0, 0.1) is 5.82 Å². The van der Waals surface area contributed by atoms with E-state index in [2.05, 4.69) is 0 Å². The lowest BCUT2D eigenvalue weighted by atomic mass is 10.3. The minimum absolute atomic E-state index is 0.278. The number of benzene rings is 1. The topological polar surface area (TPSA) is 33.5 Å². The van der Waals surface area contributed by atoms with Crippen LogP contribution in [0.25, 0.3) is 0 Å². The maximum Gasteiger partial charge on any atom is 0.200 e. The zero-order valence-corrected chi connectivity index (χ0v) is 9.39. The monoisotopic (exact) mass is 233 g/mol. The lowest BCUT2D eigenvalue weighted by molar-refractivity contribution is 0.110. The highest BCUT2D eigenvalue weighted by molar-refractivity contribution is 5.72. The third-order valence-corrected chi connectivity index (χ3v) is 2.45. The second kappa shape index (κ2) is 4.82. The van der Waals surface area contributed by atoms with Crippen LogP contribution in [0.1, 0.15) is 17.5 Å². The quantitative estimate of drug-likeness (QED) is 0.759.